The molecule has 3 atom stereocenters. The minimum Gasteiger partial charge on any atom is -0.392 e. The smallest absolute Gasteiger partial charge is 0.0614 e. The topological polar surface area (TPSA) is 20.2 Å². The Labute approximate surface area is 61.1 Å². The molecule has 0 saturated heterocycles. The molecule has 10 heavy (non-hydrogen) atoms. The maximum absolute atomic E-state index is 9.41. The molecule has 2 aliphatic rings. The van der Waals surface area contributed by atoms with E-state index in [1.807, 2.05) is 0 Å². The van der Waals surface area contributed by atoms with Crippen molar-refractivity contribution in [2.24, 2.45) is 11.8 Å². The zero-order chi connectivity index (χ0) is 7.30. The van der Waals surface area contributed by atoms with Crippen LogP contribution >= 0.6 is 0 Å². The van der Waals surface area contributed by atoms with Crippen LogP contribution in [0.3, 0.4) is 0 Å². The minimum atomic E-state index is -0.122. The third kappa shape index (κ3) is 0.562. The van der Waals surface area contributed by atoms with Gasteiger partial charge < -0.3 is 5.11 Å². The van der Waals surface area contributed by atoms with E-state index in [1.165, 1.54) is 5.57 Å². The van der Waals surface area contributed by atoms with Gasteiger partial charge in [-0.1, -0.05) is 13.2 Å². The summed E-state index contributed by atoms with van der Waals surface area (Å²) in [6, 6.07) is 0. The molecule has 0 radical (unpaired) electrons. The average Bonchev–Trinajstić information content (AvgIpc) is 2.36. The van der Waals surface area contributed by atoms with Gasteiger partial charge in [0.1, 0.15) is 0 Å². The van der Waals surface area contributed by atoms with Crippen molar-refractivity contribution in [2.75, 3.05) is 0 Å². The molecule has 1 N–H and O–H groups in total. The fourth-order valence-electron chi connectivity index (χ4n) is 2.17. The maximum atomic E-state index is 9.41. The molecule has 0 spiro atoms. The average molecular weight is 136 g/mol. The number of aliphatic hydroxyl groups is 1. The maximum Gasteiger partial charge on any atom is 0.0614 e. The molecule has 0 heterocycles. The van der Waals surface area contributed by atoms with Crippen molar-refractivity contribution < 1.29 is 5.11 Å². The first-order valence-corrected chi connectivity index (χ1v) is 3.76. The molecule has 0 aromatic rings. The lowest BCUT2D eigenvalue weighted by molar-refractivity contribution is 0.142. The lowest BCUT2D eigenvalue weighted by atomic mass is 9.90. The fourth-order valence-corrected chi connectivity index (χ4v) is 2.17. The van der Waals surface area contributed by atoms with E-state index < -0.39 is 0 Å². The van der Waals surface area contributed by atoms with Gasteiger partial charge in [0.05, 0.1) is 6.10 Å². The monoisotopic (exact) mass is 136 g/mol. The third-order valence-corrected chi connectivity index (χ3v) is 2.88. The predicted molar refractivity (Wildman–Crippen MR) is 40.5 cm³/mol. The lowest BCUT2D eigenvalue weighted by Gasteiger charge is -2.19. The molecule has 0 aromatic heterocycles. The molecule has 0 aromatic carbocycles. The molecule has 2 saturated carbocycles. The first-order valence-electron chi connectivity index (χ1n) is 3.76. The summed E-state index contributed by atoms with van der Waals surface area (Å²) in [4.78, 5) is 0. The van der Waals surface area contributed by atoms with Crippen LogP contribution in [0.1, 0.15) is 12.8 Å². The first-order chi connectivity index (χ1) is 4.70. The second-order valence-corrected chi connectivity index (χ2v) is 3.39. The standard InChI is InChI=1S/C9H12O/c1-5-6(2)8-3-7(5)4-9(8)10/h7-10H,1-4H2/t7-,8-,9+/m1/s1. The van der Waals surface area contributed by atoms with E-state index in [-0.39, 0.29) is 6.10 Å². The van der Waals surface area contributed by atoms with Crippen LogP contribution in [-0.2, 0) is 0 Å². The summed E-state index contributed by atoms with van der Waals surface area (Å²) in [5, 5.41) is 9.41. The molecule has 2 rings (SSSR count). The number of aliphatic hydroxyl groups excluding tert-OH is 1. The molecule has 2 aliphatic carbocycles. The zero-order valence-electron chi connectivity index (χ0n) is 6.01. The minimum absolute atomic E-state index is 0.122. The van der Waals surface area contributed by atoms with Crippen LogP contribution < -0.4 is 0 Å². The SMILES string of the molecule is C=C1C(=C)[C@H]2C[C@@H]1C[C@@H]2O. The Morgan fingerprint density at radius 3 is 2.30 bits per heavy atom. The van der Waals surface area contributed by atoms with E-state index in [9.17, 15) is 5.11 Å². The molecular weight excluding hydrogens is 124 g/mol. The van der Waals surface area contributed by atoms with Gasteiger partial charge in [-0.15, -0.1) is 0 Å². The molecule has 54 valence electrons. The Kier molecular flexibility index (Phi) is 1.07. The quantitative estimate of drug-likeness (QED) is 0.535. The molecule has 0 amide bonds. The van der Waals surface area contributed by atoms with E-state index >= 15 is 0 Å². The van der Waals surface area contributed by atoms with Gasteiger partial charge in [-0.25, -0.2) is 0 Å². The van der Waals surface area contributed by atoms with Crippen LogP contribution in [0.2, 0.25) is 0 Å². The van der Waals surface area contributed by atoms with Gasteiger partial charge in [0.15, 0.2) is 0 Å². The van der Waals surface area contributed by atoms with Crippen LogP contribution in [-0.4, -0.2) is 11.2 Å². The second kappa shape index (κ2) is 1.73. The van der Waals surface area contributed by atoms with Gasteiger partial charge in [0, 0.05) is 5.92 Å². The zero-order valence-corrected chi connectivity index (χ0v) is 6.01. The second-order valence-electron chi connectivity index (χ2n) is 3.39. The summed E-state index contributed by atoms with van der Waals surface area (Å²) in [5.41, 5.74) is 2.29. The summed E-state index contributed by atoms with van der Waals surface area (Å²) in [6.45, 7) is 7.85. The van der Waals surface area contributed by atoms with E-state index in [2.05, 4.69) is 13.2 Å². The van der Waals surface area contributed by atoms with Crippen LogP contribution in [0.25, 0.3) is 0 Å². The van der Waals surface area contributed by atoms with Crippen molar-refractivity contribution >= 4 is 0 Å². The van der Waals surface area contributed by atoms with Crippen molar-refractivity contribution in [3.63, 3.8) is 0 Å². The van der Waals surface area contributed by atoms with Gasteiger partial charge >= 0.3 is 0 Å². The van der Waals surface area contributed by atoms with Crippen molar-refractivity contribution in [2.45, 2.75) is 18.9 Å². The van der Waals surface area contributed by atoms with Crippen molar-refractivity contribution in [3.05, 3.63) is 24.3 Å². The summed E-state index contributed by atoms with van der Waals surface area (Å²) in [7, 11) is 0. The molecule has 1 nitrogen and oxygen atoms in total. The van der Waals surface area contributed by atoms with Crippen LogP contribution in [0.15, 0.2) is 24.3 Å². The van der Waals surface area contributed by atoms with Gasteiger partial charge in [-0.2, -0.15) is 0 Å². The molecule has 2 fully saturated rings. The lowest BCUT2D eigenvalue weighted by Crippen LogP contribution is -2.18. The molecular formula is C9H12O. The highest BCUT2D eigenvalue weighted by Crippen LogP contribution is 2.50. The predicted octanol–water partition coefficient (Wildman–Crippen LogP) is 1.50. The van der Waals surface area contributed by atoms with Crippen molar-refractivity contribution in [3.8, 4) is 0 Å². The van der Waals surface area contributed by atoms with Crippen LogP contribution in [0.5, 0.6) is 0 Å². The number of allylic oxidation sites excluding steroid dienone is 1. The van der Waals surface area contributed by atoms with Crippen LogP contribution in [0, 0.1) is 11.8 Å². The first kappa shape index (κ1) is 6.17. The normalized spacial score (nSPS) is 45.1. The molecule has 1 heteroatoms. The van der Waals surface area contributed by atoms with Crippen LogP contribution in [0.4, 0.5) is 0 Å². The van der Waals surface area contributed by atoms with Gasteiger partial charge in [0.25, 0.3) is 0 Å². The summed E-state index contributed by atoms with van der Waals surface area (Å²) >= 11 is 0. The van der Waals surface area contributed by atoms with E-state index in [0.29, 0.717) is 11.8 Å². The van der Waals surface area contributed by atoms with Gasteiger partial charge in [0.2, 0.25) is 0 Å². The van der Waals surface area contributed by atoms with E-state index in [0.717, 1.165) is 18.4 Å². The summed E-state index contributed by atoms with van der Waals surface area (Å²) < 4.78 is 0. The van der Waals surface area contributed by atoms with E-state index in [1.54, 1.807) is 0 Å². The van der Waals surface area contributed by atoms with Crippen molar-refractivity contribution in [1.29, 1.82) is 0 Å². The van der Waals surface area contributed by atoms with Gasteiger partial charge in [-0.05, 0) is 29.9 Å². The largest absolute Gasteiger partial charge is 0.392 e. The van der Waals surface area contributed by atoms with Gasteiger partial charge in [-0.3, -0.25) is 0 Å². The Morgan fingerprint density at radius 1 is 1.20 bits per heavy atom. The van der Waals surface area contributed by atoms with Crippen molar-refractivity contribution in [1.82, 2.24) is 0 Å². The number of fused-ring (bicyclic) bond motifs is 2. The number of hydrogen-bond acceptors (Lipinski definition) is 1. The number of rotatable bonds is 0. The fraction of sp³-hybridized carbons (Fsp3) is 0.556. The summed E-state index contributed by atoms with van der Waals surface area (Å²) in [5.74, 6) is 0.894. The highest BCUT2D eigenvalue weighted by Gasteiger charge is 2.43. The molecule has 2 bridgehead atoms. The Balaban J connectivity index is 2.32. The molecule has 0 aliphatic heterocycles. The Hall–Kier alpha value is -0.560. The highest BCUT2D eigenvalue weighted by atomic mass is 16.3. The van der Waals surface area contributed by atoms with E-state index in [4.69, 9.17) is 0 Å². The highest BCUT2D eigenvalue weighted by molar-refractivity contribution is 5.39. The Morgan fingerprint density at radius 2 is 1.90 bits per heavy atom. The Bertz CT molecular complexity index is 205. The molecule has 0 unspecified atom stereocenters. The third-order valence-electron chi connectivity index (χ3n) is 2.88. The summed E-state index contributed by atoms with van der Waals surface area (Å²) in [6.07, 6.45) is 1.89. The number of hydrogen-bond donors (Lipinski definition) is 1.